The summed E-state index contributed by atoms with van der Waals surface area (Å²) < 4.78 is 63.6. The van der Waals surface area contributed by atoms with Gasteiger partial charge < -0.3 is 0 Å². The Hall–Kier alpha value is 0.217. The topological polar surface area (TPSA) is 0 Å². The second-order valence-electron chi connectivity index (χ2n) is 1.12. The van der Waals surface area contributed by atoms with Gasteiger partial charge in [-0.25, -0.2) is 0 Å². The van der Waals surface area contributed by atoms with Crippen LogP contribution in [-0.2, 0) is 0 Å². The number of hydrogen-bond donors (Lipinski definition) is 0. The zero-order valence-corrected chi connectivity index (χ0v) is 4.00. The summed E-state index contributed by atoms with van der Waals surface area (Å²) in [4.78, 5) is 0. The Kier molecular flexibility index (Phi) is 0.120. The minimum atomic E-state index is -4.35. The summed E-state index contributed by atoms with van der Waals surface area (Å²) in [6.45, 7) is -7.85. The summed E-state index contributed by atoms with van der Waals surface area (Å²) in [5, 5.41) is 0. The predicted molar refractivity (Wildman–Crippen MR) is 29.2 cm³/mol. The van der Waals surface area contributed by atoms with Crippen LogP contribution in [0.25, 0.3) is 0 Å². The van der Waals surface area contributed by atoms with E-state index in [1.807, 2.05) is 0 Å². The molecule has 1 heteroatoms. The van der Waals surface area contributed by atoms with Crippen molar-refractivity contribution >= 4 is 8.07 Å². The van der Waals surface area contributed by atoms with Gasteiger partial charge in [0.05, 0.1) is 0 Å². The van der Waals surface area contributed by atoms with Crippen molar-refractivity contribution in [2.45, 2.75) is 26.0 Å². The molecule has 0 rings (SSSR count). The molecule has 0 aliphatic heterocycles. The van der Waals surface area contributed by atoms with Gasteiger partial charge in [-0.2, -0.15) is 0 Å². The van der Waals surface area contributed by atoms with Gasteiger partial charge in [-0.3, -0.25) is 0 Å². The van der Waals surface area contributed by atoms with Gasteiger partial charge in [0.2, 0.25) is 0 Å². The van der Waals surface area contributed by atoms with E-state index in [1.165, 1.54) is 0 Å². The van der Waals surface area contributed by atoms with Gasteiger partial charge in [0.1, 0.15) is 0 Å². The standard InChI is InChI=1S/C4H12Si/c1-5(2,3)4/h1-4H3/i1D3,2D3,3D3. The first-order valence-electron chi connectivity index (χ1n) is 5.75. The molecule has 0 aliphatic carbocycles. The second-order valence-corrected chi connectivity index (χ2v) is 3.38. The smallest absolute Gasteiger partial charge is 0.0411 e. The highest BCUT2D eigenvalue weighted by molar-refractivity contribution is 6.74. The lowest BCUT2D eigenvalue weighted by molar-refractivity contribution is 1.71. The van der Waals surface area contributed by atoms with E-state index >= 15 is 0 Å². The Labute approximate surface area is 47.9 Å². The summed E-state index contributed by atoms with van der Waals surface area (Å²) in [6.07, 6.45) is 0. The lowest BCUT2D eigenvalue weighted by Gasteiger charge is -2.01. The first-order chi connectivity index (χ1) is 5.75. The Balaban J connectivity index is 5.54. The molecule has 0 saturated carbocycles. The molecule has 0 nitrogen and oxygen atoms in total. The molecular formula is C4H12Si. The predicted octanol–water partition coefficient (Wildman–Crippen LogP) is 1.95. The summed E-state index contributed by atoms with van der Waals surface area (Å²) in [7, 11) is -4.35. The summed E-state index contributed by atoms with van der Waals surface area (Å²) in [5.74, 6) is 0. The molecule has 0 heterocycles. The van der Waals surface area contributed by atoms with Gasteiger partial charge in [-0.05, 0) is 0 Å². The fourth-order valence-corrected chi connectivity index (χ4v) is 0. The molecule has 0 saturated heterocycles. The zero-order chi connectivity index (χ0) is 12.0. The van der Waals surface area contributed by atoms with Crippen LogP contribution in [0.15, 0.2) is 0 Å². The molecule has 0 aromatic carbocycles. The Morgan fingerprint density at radius 3 is 1.80 bits per heavy atom. The molecular weight excluding hydrogens is 76.1 g/mol. The third kappa shape index (κ3) is 441. The van der Waals surface area contributed by atoms with Crippen LogP contribution in [-0.4, -0.2) is 8.07 Å². The molecule has 0 N–H and O–H groups in total. The Morgan fingerprint density at radius 2 is 1.80 bits per heavy atom. The van der Waals surface area contributed by atoms with Crippen LogP contribution in [0.3, 0.4) is 0 Å². The van der Waals surface area contributed by atoms with Crippen LogP contribution in [0.2, 0.25) is 26.0 Å². The largest absolute Gasteiger partial charge is 0.0697 e. The zero-order valence-electron chi connectivity index (χ0n) is 12.0. The molecule has 32 valence electrons. The monoisotopic (exact) mass is 97.1 g/mol. The molecule has 0 aromatic heterocycles. The maximum atomic E-state index is 7.07. The minimum absolute atomic E-state index is 0.889. The minimum Gasteiger partial charge on any atom is -0.0697 e. The molecule has 5 heavy (non-hydrogen) atoms. The van der Waals surface area contributed by atoms with E-state index in [0.717, 1.165) is 6.55 Å². The van der Waals surface area contributed by atoms with Gasteiger partial charge in [0, 0.05) is 20.4 Å². The summed E-state index contributed by atoms with van der Waals surface area (Å²) >= 11 is 0. The molecule has 0 fully saturated rings. The highest BCUT2D eigenvalue weighted by atomic mass is 28.3. The van der Waals surface area contributed by atoms with Gasteiger partial charge in [-0.1, -0.05) is 26.0 Å². The van der Waals surface area contributed by atoms with E-state index in [1.54, 1.807) is 0 Å². The highest BCUT2D eigenvalue weighted by Crippen LogP contribution is 1.94. The van der Waals surface area contributed by atoms with E-state index in [0.29, 0.717) is 0 Å². The van der Waals surface area contributed by atoms with E-state index in [-0.39, 0.29) is 0 Å². The van der Waals surface area contributed by atoms with E-state index in [4.69, 9.17) is 12.3 Å². The van der Waals surface area contributed by atoms with Crippen molar-refractivity contribution in [1.82, 2.24) is 0 Å². The fraction of sp³-hybridized carbons (Fsp3) is 1.00. The lowest BCUT2D eigenvalue weighted by Crippen LogP contribution is -2.10. The third-order valence-electron chi connectivity index (χ3n) is 0. The lowest BCUT2D eigenvalue weighted by atomic mass is 11.8. The summed E-state index contributed by atoms with van der Waals surface area (Å²) in [6, 6.07) is 0. The maximum absolute atomic E-state index is 7.07. The number of rotatable bonds is 0. The van der Waals surface area contributed by atoms with E-state index in [9.17, 15) is 0 Å². The van der Waals surface area contributed by atoms with Gasteiger partial charge >= 0.3 is 0 Å². The number of hydrogen-bond acceptors (Lipinski definition) is 0. The van der Waals surface area contributed by atoms with Crippen molar-refractivity contribution in [2.75, 3.05) is 0 Å². The van der Waals surface area contributed by atoms with Crippen molar-refractivity contribution in [3.05, 3.63) is 0 Å². The molecule has 0 radical (unpaired) electrons. The first-order valence-corrected chi connectivity index (χ1v) is 3.75. The first kappa shape index (κ1) is 0.531. The van der Waals surface area contributed by atoms with Crippen LogP contribution in [0, 0.1) is 0 Å². The van der Waals surface area contributed by atoms with E-state index < -0.39 is 27.5 Å². The average molecular weight is 97.3 g/mol. The Morgan fingerprint density at radius 1 is 1.40 bits per heavy atom. The van der Waals surface area contributed by atoms with Crippen LogP contribution in [0.5, 0.6) is 0 Å². The molecule has 0 unspecified atom stereocenters. The molecule has 0 spiro atoms. The Bertz CT molecular complexity index is 170. The molecule has 0 atom stereocenters. The normalized spacial score (nSPS) is 46.2. The SMILES string of the molecule is [2H]C([2H])([2H])[Si](C)(C([2H])([2H])[2H])C([2H])([2H])[2H]. The fourth-order valence-electron chi connectivity index (χ4n) is 0. The van der Waals surface area contributed by atoms with Crippen molar-refractivity contribution in [3.63, 3.8) is 0 Å². The average Bonchev–Trinajstić information content (AvgIpc) is 1.77. The van der Waals surface area contributed by atoms with Crippen molar-refractivity contribution in [2.24, 2.45) is 0 Å². The molecule has 0 aromatic rings. The van der Waals surface area contributed by atoms with Crippen LogP contribution in [0.4, 0.5) is 0 Å². The van der Waals surface area contributed by atoms with Crippen molar-refractivity contribution < 1.29 is 12.3 Å². The van der Waals surface area contributed by atoms with Gasteiger partial charge in [0.25, 0.3) is 0 Å². The van der Waals surface area contributed by atoms with Crippen molar-refractivity contribution in [1.29, 1.82) is 0 Å². The maximum Gasteiger partial charge on any atom is 0.0411 e. The molecule has 0 bridgehead atoms. The van der Waals surface area contributed by atoms with Crippen LogP contribution >= 0.6 is 0 Å². The second kappa shape index (κ2) is 1.13. The van der Waals surface area contributed by atoms with Crippen molar-refractivity contribution in [3.8, 4) is 0 Å². The molecule has 0 aliphatic rings. The molecule has 0 amide bonds. The highest BCUT2D eigenvalue weighted by Gasteiger charge is 1.99. The summed E-state index contributed by atoms with van der Waals surface area (Å²) in [5.41, 5.74) is 0. The van der Waals surface area contributed by atoms with Crippen LogP contribution < -0.4 is 0 Å². The third-order valence-corrected chi connectivity index (χ3v) is 0. The van der Waals surface area contributed by atoms with Gasteiger partial charge in [0.15, 0.2) is 0 Å². The quantitative estimate of drug-likeness (QED) is 0.405. The van der Waals surface area contributed by atoms with E-state index in [2.05, 4.69) is 0 Å². The van der Waals surface area contributed by atoms with Gasteiger partial charge in [-0.15, -0.1) is 0 Å². The van der Waals surface area contributed by atoms with Crippen LogP contribution in [0.1, 0.15) is 12.3 Å².